The van der Waals surface area contributed by atoms with Crippen LogP contribution in [0.3, 0.4) is 0 Å². The van der Waals surface area contributed by atoms with E-state index in [-0.39, 0.29) is 34.0 Å². The SMILES string of the molecule is C=C1CC[C@]2(C(=O)O[C@@H]3O[C@H](CO[C@@H]4O[C@H](CO)[C@H](O[C@@H]5O[C@@H](C)[C@H](O)[C@@H](O)[C@H]5O)[C@@H](O)[C@H]4O)[C@H](O)[C@H](O)[C@H]3O)CC[C@]3(C)C(=CC[C@@H]4[C@@]5(C)CC[C@H](O)[C@@](C)(C(=O)O)[C@@H]5CC[C@]43C)[C@@H]2C1. The Morgan fingerprint density at radius 2 is 1.39 bits per heavy atom. The van der Waals surface area contributed by atoms with Gasteiger partial charge >= 0.3 is 11.9 Å². The molecule has 3 saturated heterocycles. The summed E-state index contributed by atoms with van der Waals surface area (Å²) in [6.07, 6.45) is -17.4. The van der Waals surface area contributed by atoms with E-state index in [1.807, 2.05) is 0 Å². The highest BCUT2D eigenvalue weighted by molar-refractivity contribution is 5.79. The Morgan fingerprint density at radius 3 is 2.08 bits per heavy atom. The van der Waals surface area contributed by atoms with Gasteiger partial charge in [-0.25, -0.2) is 0 Å². The molecule has 3 aliphatic heterocycles. The first-order valence-corrected chi connectivity index (χ1v) is 23.7. The Labute approximate surface area is 384 Å². The van der Waals surface area contributed by atoms with Gasteiger partial charge < -0.3 is 84.6 Å². The van der Waals surface area contributed by atoms with Crippen molar-refractivity contribution in [2.45, 2.75) is 197 Å². The quantitative estimate of drug-likeness (QED) is 0.105. The molecule has 4 saturated carbocycles. The lowest BCUT2D eigenvalue weighted by atomic mass is 9.33. The van der Waals surface area contributed by atoms with Gasteiger partial charge in [-0.15, -0.1) is 0 Å². The third kappa shape index (κ3) is 7.57. The van der Waals surface area contributed by atoms with Gasteiger partial charge in [0.25, 0.3) is 0 Å². The van der Waals surface area contributed by atoms with Crippen LogP contribution >= 0.6 is 0 Å². The summed E-state index contributed by atoms with van der Waals surface area (Å²) in [5.41, 5.74) is -1.16. The van der Waals surface area contributed by atoms with Crippen LogP contribution in [0.15, 0.2) is 23.8 Å². The van der Waals surface area contributed by atoms with Crippen LogP contribution < -0.4 is 0 Å². The van der Waals surface area contributed by atoms with E-state index in [0.29, 0.717) is 57.8 Å². The van der Waals surface area contributed by atoms with E-state index in [4.69, 9.17) is 28.4 Å². The number of hydrogen-bond donors (Lipinski definition) is 11. The number of allylic oxidation sites excluding steroid dienone is 3. The van der Waals surface area contributed by atoms with Crippen molar-refractivity contribution in [3.8, 4) is 0 Å². The number of carboxylic acid groups (broad SMARTS) is 1. The zero-order valence-electron chi connectivity index (χ0n) is 38.4. The van der Waals surface area contributed by atoms with Crippen molar-refractivity contribution in [1.82, 2.24) is 0 Å². The molecule has 0 spiro atoms. The van der Waals surface area contributed by atoms with Crippen LogP contribution in [-0.4, -0.2) is 180 Å². The number of hydrogen-bond acceptors (Lipinski definition) is 18. The molecular formula is C47H72O19. The average Bonchev–Trinajstić information content (AvgIpc) is 3.28. The third-order valence-corrected chi connectivity index (χ3v) is 18.8. The largest absolute Gasteiger partial charge is 0.481 e. The van der Waals surface area contributed by atoms with E-state index in [1.54, 1.807) is 6.92 Å². The normalized spacial score (nSPS) is 53.9. The molecule has 3 heterocycles. The number of rotatable bonds is 9. The second-order valence-electron chi connectivity index (χ2n) is 21.8. The lowest BCUT2D eigenvalue weighted by Crippen LogP contribution is -2.66. The van der Waals surface area contributed by atoms with Crippen LogP contribution in [0, 0.1) is 44.8 Å². The minimum atomic E-state index is -1.87. The molecule has 0 amide bonds. The monoisotopic (exact) mass is 940 g/mol. The average molecular weight is 941 g/mol. The topological polar surface area (TPSA) is 312 Å². The van der Waals surface area contributed by atoms with Gasteiger partial charge in [-0.1, -0.05) is 44.6 Å². The molecule has 19 heteroatoms. The van der Waals surface area contributed by atoms with Gasteiger partial charge in [0.15, 0.2) is 12.6 Å². The van der Waals surface area contributed by atoms with Crippen molar-refractivity contribution < 1.29 is 94.2 Å². The highest BCUT2D eigenvalue weighted by atomic mass is 16.8. The molecule has 0 aromatic heterocycles. The van der Waals surface area contributed by atoms with E-state index in [1.165, 1.54) is 6.92 Å². The van der Waals surface area contributed by atoms with Gasteiger partial charge in [0.2, 0.25) is 6.29 Å². The molecule has 19 nitrogen and oxygen atoms in total. The van der Waals surface area contributed by atoms with Crippen LogP contribution in [0.4, 0.5) is 0 Å². The fourth-order valence-electron chi connectivity index (χ4n) is 14.4. The maximum Gasteiger partial charge on any atom is 0.315 e. The number of carboxylic acids is 1. The molecular weight excluding hydrogens is 868 g/mol. The summed E-state index contributed by atoms with van der Waals surface area (Å²) >= 11 is 0. The molecule has 0 bridgehead atoms. The maximum atomic E-state index is 14.8. The molecule has 0 radical (unpaired) electrons. The van der Waals surface area contributed by atoms with Gasteiger partial charge in [0.1, 0.15) is 67.1 Å². The van der Waals surface area contributed by atoms with Gasteiger partial charge in [0, 0.05) is 5.92 Å². The molecule has 0 aromatic carbocycles. The zero-order chi connectivity index (χ0) is 48.2. The van der Waals surface area contributed by atoms with E-state index in [2.05, 4.69) is 33.4 Å². The first kappa shape index (κ1) is 50.2. The Hall–Kier alpha value is -2.18. The summed E-state index contributed by atoms with van der Waals surface area (Å²) in [6, 6.07) is 0. The summed E-state index contributed by atoms with van der Waals surface area (Å²) in [6.45, 7) is 12.9. The molecule has 374 valence electrons. The first-order chi connectivity index (χ1) is 30.9. The van der Waals surface area contributed by atoms with Gasteiger partial charge in [-0.2, -0.15) is 0 Å². The lowest BCUT2D eigenvalue weighted by Gasteiger charge is -2.70. The number of aliphatic carboxylic acids is 1. The van der Waals surface area contributed by atoms with E-state index in [0.717, 1.165) is 17.6 Å². The summed E-state index contributed by atoms with van der Waals surface area (Å²) in [5.74, 6) is -2.00. The van der Waals surface area contributed by atoms with Crippen molar-refractivity contribution in [3.05, 3.63) is 23.8 Å². The summed E-state index contributed by atoms with van der Waals surface area (Å²) < 4.78 is 34.5. The highest BCUT2D eigenvalue weighted by Gasteiger charge is 2.71. The van der Waals surface area contributed by atoms with Gasteiger partial charge in [-0.05, 0) is 106 Å². The van der Waals surface area contributed by atoms with Crippen molar-refractivity contribution in [3.63, 3.8) is 0 Å². The summed E-state index contributed by atoms with van der Waals surface area (Å²) in [4.78, 5) is 27.6. The van der Waals surface area contributed by atoms with Gasteiger partial charge in [0.05, 0.1) is 36.3 Å². The number of aliphatic hydroxyl groups is 10. The molecule has 0 unspecified atom stereocenters. The third-order valence-electron chi connectivity index (χ3n) is 18.8. The van der Waals surface area contributed by atoms with Crippen molar-refractivity contribution >= 4 is 11.9 Å². The van der Waals surface area contributed by atoms with Crippen LogP contribution in [0.25, 0.3) is 0 Å². The molecule has 24 atom stereocenters. The van der Waals surface area contributed by atoms with Crippen LogP contribution in [0.5, 0.6) is 0 Å². The predicted octanol–water partition coefficient (Wildman–Crippen LogP) is -0.237. The minimum Gasteiger partial charge on any atom is -0.481 e. The standard InChI is InChI=1S/C47H72O19/c1-20-9-14-47(16-15-44(4)22(23(47)17-20)7-8-26-43(3)12-11-28(49)46(6,41(58)59)27(43)10-13-45(26,44)5)42(60)66-40-35(56)32(53)30(51)25(64-40)19-61-38-36(57)33(54)37(24(18-48)63-38)65-39-34(55)31(52)29(50)21(2)62-39/h7,21,23-40,48-57H,1,8-19H2,2-6H3,(H,58,59)/t21-,23-,24+,25+,26+,27+,28-,29-,30-,31+,32-,33-,34+,35+,36+,37-,38+,39-,40-,43+,44+,45+,46-,47-/m0/s1. The number of carbonyl (C=O) groups excluding carboxylic acids is 1. The van der Waals surface area contributed by atoms with E-state index < -0.39 is 134 Å². The second kappa shape index (κ2) is 17.9. The second-order valence-corrected chi connectivity index (χ2v) is 21.8. The Kier molecular flexibility index (Phi) is 13.6. The molecule has 5 aliphatic carbocycles. The smallest absolute Gasteiger partial charge is 0.315 e. The maximum absolute atomic E-state index is 14.8. The molecule has 66 heavy (non-hydrogen) atoms. The fraction of sp³-hybridized carbons (Fsp3) is 0.872. The lowest BCUT2D eigenvalue weighted by molar-refractivity contribution is -0.361. The van der Waals surface area contributed by atoms with E-state index >= 15 is 0 Å². The molecule has 11 N–H and O–H groups in total. The summed E-state index contributed by atoms with van der Waals surface area (Å²) in [5, 5.41) is 118. The Morgan fingerprint density at radius 1 is 0.742 bits per heavy atom. The van der Waals surface area contributed by atoms with Crippen molar-refractivity contribution in [2.75, 3.05) is 13.2 Å². The zero-order valence-corrected chi connectivity index (χ0v) is 38.4. The number of aliphatic hydroxyl groups excluding tert-OH is 10. The van der Waals surface area contributed by atoms with E-state index in [9.17, 15) is 65.8 Å². The van der Waals surface area contributed by atoms with Crippen molar-refractivity contribution in [2.24, 2.45) is 44.8 Å². The van der Waals surface area contributed by atoms with Crippen LogP contribution in [0.2, 0.25) is 0 Å². The Balaban J connectivity index is 0.970. The van der Waals surface area contributed by atoms with Gasteiger partial charge in [-0.3, -0.25) is 9.59 Å². The number of esters is 1. The number of fused-ring (bicyclic) bond motifs is 7. The minimum absolute atomic E-state index is 0.125. The van der Waals surface area contributed by atoms with Crippen molar-refractivity contribution in [1.29, 1.82) is 0 Å². The molecule has 0 aromatic rings. The van der Waals surface area contributed by atoms with Crippen LogP contribution in [0.1, 0.15) is 98.8 Å². The summed E-state index contributed by atoms with van der Waals surface area (Å²) in [7, 11) is 0. The number of carbonyl (C=O) groups is 2. The predicted molar refractivity (Wildman–Crippen MR) is 226 cm³/mol. The first-order valence-electron chi connectivity index (χ1n) is 23.7. The van der Waals surface area contributed by atoms with Crippen LogP contribution in [-0.2, 0) is 38.0 Å². The molecule has 7 fully saturated rings. The fourth-order valence-corrected chi connectivity index (χ4v) is 14.4. The number of ether oxygens (including phenoxy) is 6. The Bertz CT molecular complexity index is 1880. The molecule has 8 aliphatic rings. The molecule has 8 rings (SSSR count). The highest BCUT2D eigenvalue weighted by Crippen LogP contribution is 2.75.